The SMILES string of the molecule is COC[C@@H](C)NC(=O)c1ccccc1N(C)S(=O)(=O)c1ccccc1. The van der Waals surface area contributed by atoms with Gasteiger partial charge in [0, 0.05) is 20.2 Å². The van der Waals surface area contributed by atoms with Crippen molar-refractivity contribution >= 4 is 21.6 Å². The predicted molar refractivity (Wildman–Crippen MR) is 97.3 cm³/mol. The van der Waals surface area contributed by atoms with Gasteiger partial charge < -0.3 is 10.1 Å². The maximum atomic E-state index is 12.8. The molecule has 0 aliphatic rings. The molecule has 0 heterocycles. The molecule has 0 spiro atoms. The summed E-state index contributed by atoms with van der Waals surface area (Å²) >= 11 is 0. The van der Waals surface area contributed by atoms with E-state index in [0.29, 0.717) is 12.3 Å². The summed E-state index contributed by atoms with van der Waals surface area (Å²) in [5, 5.41) is 2.80. The van der Waals surface area contributed by atoms with Crippen LogP contribution >= 0.6 is 0 Å². The fourth-order valence-electron chi connectivity index (χ4n) is 2.41. The van der Waals surface area contributed by atoms with Crippen LogP contribution in [0.3, 0.4) is 0 Å². The van der Waals surface area contributed by atoms with Gasteiger partial charge in [0.05, 0.1) is 22.8 Å². The Kier molecular flexibility index (Phi) is 6.17. The van der Waals surface area contributed by atoms with Crippen LogP contribution in [0.5, 0.6) is 0 Å². The normalized spacial score (nSPS) is 12.4. The lowest BCUT2D eigenvalue weighted by Crippen LogP contribution is -2.37. The topological polar surface area (TPSA) is 75.7 Å². The number of ether oxygens (including phenoxy) is 1. The molecule has 0 saturated heterocycles. The van der Waals surface area contributed by atoms with E-state index in [1.54, 1.807) is 49.6 Å². The van der Waals surface area contributed by atoms with Gasteiger partial charge in [-0.1, -0.05) is 30.3 Å². The fraction of sp³-hybridized carbons (Fsp3) is 0.278. The third-order valence-electron chi connectivity index (χ3n) is 3.68. The molecule has 0 aromatic heterocycles. The highest BCUT2D eigenvalue weighted by Crippen LogP contribution is 2.25. The molecule has 0 aliphatic carbocycles. The molecule has 2 aromatic carbocycles. The average molecular weight is 362 g/mol. The summed E-state index contributed by atoms with van der Waals surface area (Å²) in [5.41, 5.74) is 0.598. The van der Waals surface area contributed by atoms with Crippen LogP contribution < -0.4 is 9.62 Å². The van der Waals surface area contributed by atoms with Gasteiger partial charge >= 0.3 is 0 Å². The number of hydrogen-bond donors (Lipinski definition) is 1. The molecule has 6 nitrogen and oxygen atoms in total. The van der Waals surface area contributed by atoms with Gasteiger partial charge in [-0.15, -0.1) is 0 Å². The Hall–Kier alpha value is -2.38. The van der Waals surface area contributed by atoms with Gasteiger partial charge in [0.2, 0.25) is 0 Å². The predicted octanol–water partition coefficient (Wildman–Crippen LogP) is 2.28. The van der Waals surface area contributed by atoms with E-state index < -0.39 is 10.0 Å². The molecule has 7 heteroatoms. The largest absolute Gasteiger partial charge is 0.383 e. The molecule has 2 aromatic rings. The van der Waals surface area contributed by atoms with E-state index >= 15 is 0 Å². The number of benzene rings is 2. The number of amides is 1. The van der Waals surface area contributed by atoms with Crippen molar-refractivity contribution < 1.29 is 17.9 Å². The third kappa shape index (κ3) is 4.37. The van der Waals surface area contributed by atoms with Crippen molar-refractivity contribution in [1.82, 2.24) is 5.32 Å². The van der Waals surface area contributed by atoms with Gasteiger partial charge in [-0.3, -0.25) is 9.10 Å². The summed E-state index contributed by atoms with van der Waals surface area (Å²) in [6, 6.07) is 14.5. The van der Waals surface area contributed by atoms with Crippen molar-refractivity contribution in [3.63, 3.8) is 0 Å². The Balaban J connectivity index is 2.35. The van der Waals surface area contributed by atoms with Crippen LogP contribution in [0.15, 0.2) is 59.5 Å². The van der Waals surface area contributed by atoms with Gasteiger partial charge in [-0.2, -0.15) is 0 Å². The molecule has 1 N–H and O–H groups in total. The number of para-hydroxylation sites is 1. The van der Waals surface area contributed by atoms with Gasteiger partial charge in [-0.25, -0.2) is 8.42 Å². The number of sulfonamides is 1. The zero-order valence-corrected chi connectivity index (χ0v) is 15.3. The fourth-order valence-corrected chi connectivity index (χ4v) is 3.65. The molecular weight excluding hydrogens is 340 g/mol. The second-order valence-electron chi connectivity index (χ2n) is 5.63. The summed E-state index contributed by atoms with van der Waals surface area (Å²) in [6.45, 7) is 2.18. The molecule has 0 aliphatic heterocycles. The molecule has 2 rings (SSSR count). The first-order valence-electron chi connectivity index (χ1n) is 7.80. The molecule has 1 atom stereocenters. The number of nitrogens with one attached hydrogen (secondary N) is 1. The van der Waals surface area contributed by atoms with Crippen LogP contribution in [0.4, 0.5) is 5.69 Å². The first kappa shape index (κ1) is 19.0. The lowest BCUT2D eigenvalue weighted by molar-refractivity contribution is 0.0906. The van der Waals surface area contributed by atoms with Crippen molar-refractivity contribution in [3.05, 3.63) is 60.2 Å². The van der Waals surface area contributed by atoms with Crippen LogP contribution in [0.2, 0.25) is 0 Å². The summed E-state index contributed by atoms with van der Waals surface area (Å²) in [5.74, 6) is -0.352. The summed E-state index contributed by atoms with van der Waals surface area (Å²) < 4.78 is 31.7. The molecule has 134 valence electrons. The molecule has 25 heavy (non-hydrogen) atoms. The molecular formula is C18H22N2O4S. The number of carbonyl (C=O) groups is 1. The smallest absolute Gasteiger partial charge is 0.264 e. The molecule has 0 bridgehead atoms. The molecule has 0 unspecified atom stereocenters. The Bertz CT molecular complexity index is 822. The van der Waals surface area contributed by atoms with Gasteiger partial charge in [-0.05, 0) is 31.2 Å². The molecule has 0 radical (unpaired) electrons. The van der Waals surface area contributed by atoms with Crippen LogP contribution in [0.25, 0.3) is 0 Å². The van der Waals surface area contributed by atoms with Gasteiger partial charge in [0.25, 0.3) is 15.9 Å². The second kappa shape index (κ2) is 8.13. The van der Waals surface area contributed by atoms with E-state index in [9.17, 15) is 13.2 Å². The maximum absolute atomic E-state index is 12.8. The number of rotatable bonds is 7. The highest BCUT2D eigenvalue weighted by molar-refractivity contribution is 7.92. The highest BCUT2D eigenvalue weighted by Gasteiger charge is 2.25. The Labute approximate surface area is 148 Å². The van der Waals surface area contributed by atoms with Gasteiger partial charge in [0.1, 0.15) is 0 Å². The highest BCUT2D eigenvalue weighted by atomic mass is 32.2. The standard InChI is InChI=1S/C18H22N2O4S/c1-14(13-24-3)19-18(21)16-11-7-8-12-17(16)20(2)25(22,23)15-9-5-4-6-10-15/h4-12,14H,13H2,1-3H3,(H,19,21)/t14-/m1/s1. The Morgan fingerprint density at radius 2 is 1.72 bits per heavy atom. The van der Waals surface area contributed by atoms with Crippen molar-refractivity contribution in [2.75, 3.05) is 25.1 Å². The minimum Gasteiger partial charge on any atom is -0.383 e. The minimum absolute atomic E-state index is 0.167. The monoisotopic (exact) mass is 362 g/mol. The van der Waals surface area contributed by atoms with Crippen molar-refractivity contribution in [1.29, 1.82) is 0 Å². The second-order valence-corrected chi connectivity index (χ2v) is 7.60. The molecule has 0 fully saturated rings. The number of hydrogen-bond acceptors (Lipinski definition) is 4. The third-order valence-corrected chi connectivity index (χ3v) is 5.47. The lowest BCUT2D eigenvalue weighted by atomic mass is 10.1. The zero-order valence-electron chi connectivity index (χ0n) is 14.5. The Morgan fingerprint density at radius 3 is 2.36 bits per heavy atom. The molecule has 1 amide bonds. The van der Waals surface area contributed by atoms with Gasteiger partial charge in [0.15, 0.2) is 0 Å². The van der Waals surface area contributed by atoms with Crippen LogP contribution in [-0.4, -0.2) is 41.1 Å². The van der Waals surface area contributed by atoms with E-state index in [0.717, 1.165) is 4.31 Å². The summed E-state index contributed by atoms with van der Waals surface area (Å²) in [6.07, 6.45) is 0. The van der Waals surface area contributed by atoms with E-state index in [4.69, 9.17) is 4.74 Å². The Morgan fingerprint density at radius 1 is 1.12 bits per heavy atom. The van der Waals surface area contributed by atoms with Crippen LogP contribution in [0.1, 0.15) is 17.3 Å². The maximum Gasteiger partial charge on any atom is 0.264 e. The quantitative estimate of drug-likeness (QED) is 0.820. The van der Waals surface area contributed by atoms with Crippen LogP contribution in [0, 0.1) is 0 Å². The number of methoxy groups -OCH3 is 1. The average Bonchev–Trinajstić information content (AvgIpc) is 2.62. The number of nitrogens with zero attached hydrogens (tertiary/aromatic N) is 1. The van der Waals surface area contributed by atoms with Crippen molar-refractivity contribution in [2.24, 2.45) is 0 Å². The van der Waals surface area contributed by atoms with Crippen molar-refractivity contribution in [2.45, 2.75) is 17.9 Å². The van der Waals surface area contributed by atoms with E-state index in [-0.39, 0.29) is 22.4 Å². The number of anilines is 1. The molecule has 0 saturated carbocycles. The van der Waals surface area contributed by atoms with Crippen molar-refractivity contribution in [3.8, 4) is 0 Å². The van der Waals surface area contributed by atoms with Crippen LogP contribution in [-0.2, 0) is 14.8 Å². The van der Waals surface area contributed by atoms with E-state index in [2.05, 4.69) is 5.32 Å². The first-order valence-corrected chi connectivity index (χ1v) is 9.24. The van der Waals surface area contributed by atoms with E-state index in [1.807, 2.05) is 6.92 Å². The number of carbonyl (C=O) groups excluding carboxylic acids is 1. The minimum atomic E-state index is -3.76. The summed E-state index contributed by atoms with van der Waals surface area (Å²) in [7, 11) is -0.768. The first-order chi connectivity index (χ1) is 11.9. The summed E-state index contributed by atoms with van der Waals surface area (Å²) in [4.78, 5) is 12.7. The van der Waals surface area contributed by atoms with E-state index in [1.165, 1.54) is 19.2 Å². The lowest BCUT2D eigenvalue weighted by Gasteiger charge is -2.22. The zero-order chi connectivity index (χ0) is 18.4.